The van der Waals surface area contributed by atoms with Gasteiger partial charge in [0.05, 0.1) is 0 Å². The first kappa shape index (κ1) is 45.0. The Morgan fingerprint density at radius 1 is 0.741 bits per heavy atom. The molecule has 0 N–H and O–H groups in total. The fourth-order valence-corrected chi connectivity index (χ4v) is 10.7. The Kier molecular flexibility index (Phi) is 13.0. The van der Waals surface area contributed by atoms with Gasteiger partial charge in [0, 0.05) is 19.3 Å². The van der Waals surface area contributed by atoms with E-state index in [1.54, 1.807) is 0 Å². The predicted molar refractivity (Wildman–Crippen MR) is 177 cm³/mol. The minimum Gasteiger partial charge on any atom is -0.462 e. The number of fused-ring (bicyclic) bond motifs is 5. The maximum Gasteiger partial charge on any atom is 0.460 e. The number of esters is 1. The number of alkyl halides is 13. The molecule has 4 aliphatic rings. The molecular formula is C39H55F13O2. The van der Waals surface area contributed by atoms with Crippen molar-refractivity contribution in [3.63, 3.8) is 0 Å². The fraction of sp³-hybridized carbons (Fsp3) is 0.923. The van der Waals surface area contributed by atoms with Crippen molar-refractivity contribution in [2.45, 2.75) is 179 Å². The number of allylic oxidation sites excluding steroid dienone is 1. The Morgan fingerprint density at radius 2 is 1.37 bits per heavy atom. The molecule has 0 spiro atoms. The summed E-state index contributed by atoms with van der Waals surface area (Å²) in [6, 6.07) is 0. The number of hydrogen-bond donors (Lipinski definition) is 0. The van der Waals surface area contributed by atoms with Crippen LogP contribution < -0.4 is 0 Å². The fourth-order valence-electron chi connectivity index (χ4n) is 10.7. The molecule has 0 aliphatic heterocycles. The summed E-state index contributed by atoms with van der Waals surface area (Å²) in [5, 5.41) is 0. The molecule has 0 bridgehead atoms. The second-order valence-electron chi connectivity index (χ2n) is 17.7. The van der Waals surface area contributed by atoms with Crippen molar-refractivity contribution in [2.24, 2.45) is 46.3 Å². The van der Waals surface area contributed by atoms with E-state index >= 15 is 0 Å². The van der Waals surface area contributed by atoms with E-state index in [4.69, 9.17) is 4.74 Å². The van der Waals surface area contributed by atoms with E-state index in [1.807, 2.05) is 0 Å². The van der Waals surface area contributed by atoms with Crippen LogP contribution in [0.5, 0.6) is 0 Å². The number of carbonyl (C=O) groups excluding carboxylic acids is 1. The van der Waals surface area contributed by atoms with Gasteiger partial charge in [-0.25, -0.2) is 0 Å². The van der Waals surface area contributed by atoms with E-state index in [1.165, 1.54) is 44.1 Å². The van der Waals surface area contributed by atoms with Crippen molar-refractivity contribution in [3.8, 4) is 0 Å². The molecule has 2 nitrogen and oxygen atoms in total. The number of unbranched alkanes of at least 4 members (excludes halogenated alkanes) is 2. The molecule has 0 heterocycles. The largest absolute Gasteiger partial charge is 0.462 e. The van der Waals surface area contributed by atoms with Crippen molar-refractivity contribution in [1.82, 2.24) is 0 Å². The quantitative estimate of drug-likeness (QED) is 0.0672. The molecule has 4 aliphatic carbocycles. The molecule has 0 aromatic heterocycles. The van der Waals surface area contributed by atoms with Crippen LogP contribution in [0.15, 0.2) is 11.6 Å². The lowest BCUT2D eigenvalue weighted by Gasteiger charge is -2.58. The summed E-state index contributed by atoms with van der Waals surface area (Å²) in [4.78, 5) is 12.6. The lowest BCUT2D eigenvalue weighted by Crippen LogP contribution is -2.70. The van der Waals surface area contributed by atoms with Crippen molar-refractivity contribution in [2.75, 3.05) is 0 Å². The number of rotatable bonds is 16. The summed E-state index contributed by atoms with van der Waals surface area (Å²) >= 11 is 0. The Hall–Kier alpha value is -1.70. The molecule has 3 saturated carbocycles. The maximum atomic E-state index is 14.1. The van der Waals surface area contributed by atoms with Crippen LogP contribution in [0.1, 0.15) is 137 Å². The average molecular weight is 803 g/mol. The highest BCUT2D eigenvalue weighted by molar-refractivity contribution is 5.69. The zero-order valence-electron chi connectivity index (χ0n) is 31.7. The number of carbonyl (C=O) groups is 1. The molecular weight excluding hydrogens is 747 g/mol. The summed E-state index contributed by atoms with van der Waals surface area (Å²) < 4.78 is 179. The number of hydrogen-bond acceptors (Lipinski definition) is 2. The second-order valence-corrected chi connectivity index (χ2v) is 17.7. The molecule has 0 aromatic carbocycles. The Bertz CT molecular complexity index is 1340. The molecule has 0 radical (unpaired) electrons. The third kappa shape index (κ3) is 7.91. The van der Waals surface area contributed by atoms with Gasteiger partial charge in [0.1, 0.15) is 6.10 Å². The van der Waals surface area contributed by atoms with E-state index < -0.39 is 67.1 Å². The summed E-state index contributed by atoms with van der Waals surface area (Å²) in [5.41, 5.74) is 1.56. The van der Waals surface area contributed by atoms with Crippen LogP contribution >= 0.6 is 0 Å². The highest BCUT2D eigenvalue weighted by Gasteiger charge is 2.90. The van der Waals surface area contributed by atoms with Crippen LogP contribution in [-0.2, 0) is 9.53 Å². The van der Waals surface area contributed by atoms with Gasteiger partial charge >= 0.3 is 41.8 Å². The molecule has 0 saturated heterocycles. The molecule has 54 heavy (non-hydrogen) atoms. The Labute approximate surface area is 309 Å². The van der Waals surface area contributed by atoms with E-state index in [-0.39, 0.29) is 18.3 Å². The lowest BCUT2D eigenvalue weighted by molar-refractivity contribution is -0.440. The first-order valence-corrected chi connectivity index (χ1v) is 19.4. The molecule has 8 unspecified atom stereocenters. The van der Waals surface area contributed by atoms with Crippen molar-refractivity contribution < 1.29 is 66.6 Å². The SMILES string of the molecule is CC(C)CCCC(C)C1CCC2C3CC=C4CC(OC(=O)CCCCCC(F)(F)C(F)(F)C(F)(F)C(F)(F)C(F)(F)C(F)(F)F)CCC4(C)C3CCC12C. The van der Waals surface area contributed by atoms with Gasteiger partial charge in [0.2, 0.25) is 0 Å². The highest BCUT2D eigenvalue weighted by Crippen LogP contribution is 2.67. The average Bonchev–Trinajstić information content (AvgIpc) is 3.41. The van der Waals surface area contributed by atoms with E-state index in [0.29, 0.717) is 47.8 Å². The number of ether oxygens (including phenoxy) is 1. The van der Waals surface area contributed by atoms with E-state index in [0.717, 1.165) is 25.2 Å². The van der Waals surface area contributed by atoms with Gasteiger partial charge in [-0.3, -0.25) is 4.79 Å². The van der Waals surface area contributed by atoms with Crippen LogP contribution in [0.2, 0.25) is 0 Å². The predicted octanol–water partition coefficient (Wildman–Crippen LogP) is 13.6. The zero-order chi connectivity index (χ0) is 40.9. The molecule has 4 rings (SSSR count). The van der Waals surface area contributed by atoms with Crippen LogP contribution in [-0.4, -0.2) is 47.9 Å². The molecule has 0 amide bonds. The van der Waals surface area contributed by atoms with Crippen LogP contribution in [0.4, 0.5) is 57.1 Å². The smallest absolute Gasteiger partial charge is 0.460 e. The third-order valence-electron chi connectivity index (χ3n) is 13.9. The minimum atomic E-state index is -7.90. The molecule has 0 aromatic rings. The first-order chi connectivity index (χ1) is 24.6. The summed E-state index contributed by atoms with van der Waals surface area (Å²) in [5.74, 6) is -33.6. The van der Waals surface area contributed by atoms with Gasteiger partial charge in [-0.1, -0.05) is 72.0 Å². The van der Waals surface area contributed by atoms with Gasteiger partial charge in [0.15, 0.2) is 0 Å². The van der Waals surface area contributed by atoms with Gasteiger partial charge in [-0.05, 0) is 104 Å². The number of halogens is 13. The van der Waals surface area contributed by atoms with Crippen LogP contribution in [0, 0.1) is 46.3 Å². The first-order valence-electron chi connectivity index (χ1n) is 19.4. The molecule has 314 valence electrons. The monoisotopic (exact) mass is 802 g/mol. The highest BCUT2D eigenvalue weighted by atomic mass is 19.4. The van der Waals surface area contributed by atoms with Crippen molar-refractivity contribution in [3.05, 3.63) is 11.6 Å². The zero-order valence-corrected chi connectivity index (χ0v) is 31.7. The van der Waals surface area contributed by atoms with Crippen LogP contribution in [0.3, 0.4) is 0 Å². The lowest BCUT2D eigenvalue weighted by atomic mass is 9.47. The summed E-state index contributed by atoms with van der Waals surface area (Å²) in [7, 11) is 0. The topological polar surface area (TPSA) is 26.3 Å². The minimum absolute atomic E-state index is 0.0230. The van der Waals surface area contributed by atoms with E-state index in [2.05, 4.69) is 40.7 Å². The molecule has 3 fully saturated rings. The normalized spacial score (nSPS) is 31.8. The third-order valence-corrected chi connectivity index (χ3v) is 13.9. The van der Waals surface area contributed by atoms with Crippen molar-refractivity contribution in [1.29, 1.82) is 0 Å². The molecule has 8 atom stereocenters. The molecule has 15 heteroatoms. The Balaban J connectivity index is 1.26. The van der Waals surface area contributed by atoms with Gasteiger partial charge in [0.25, 0.3) is 0 Å². The van der Waals surface area contributed by atoms with Gasteiger partial charge in [-0.2, -0.15) is 57.1 Å². The standard InChI is InChI=1S/C39H55F13O2/c1-23(2)10-9-11-24(3)28-15-16-29-27-14-13-25-22-26(17-20-32(25,4)30(27)18-21-33(28,29)5)54-31(53)12-7-6-8-19-34(40,41)35(42,43)36(44,45)37(46,47)38(48,49)39(50,51)52/h13,23-24,26-30H,6-12,14-22H2,1-5H3. The van der Waals surface area contributed by atoms with Crippen molar-refractivity contribution >= 4 is 5.97 Å². The Morgan fingerprint density at radius 3 is 1.98 bits per heavy atom. The van der Waals surface area contributed by atoms with Gasteiger partial charge in [-0.15, -0.1) is 0 Å². The van der Waals surface area contributed by atoms with E-state index in [9.17, 15) is 61.9 Å². The maximum absolute atomic E-state index is 14.1. The van der Waals surface area contributed by atoms with Crippen LogP contribution in [0.25, 0.3) is 0 Å². The second kappa shape index (κ2) is 15.6. The summed E-state index contributed by atoms with van der Waals surface area (Å²) in [6.45, 7) is 11.8. The van der Waals surface area contributed by atoms with Gasteiger partial charge < -0.3 is 4.74 Å². The summed E-state index contributed by atoms with van der Waals surface area (Å²) in [6.07, 6.45) is 1.68.